The van der Waals surface area contributed by atoms with E-state index in [2.05, 4.69) is 31.4 Å². The Kier molecular flexibility index (Phi) is 7.68. The van der Waals surface area contributed by atoms with Gasteiger partial charge in [-0.1, -0.05) is 51.1 Å². The van der Waals surface area contributed by atoms with Crippen LogP contribution < -0.4 is 10.6 Å². The number of nitrogens with zero attached hydrogens (tertiary/aromatic N) is 3. The molecule has 0 aliphatic rings. The lowest BCUT2D eigenvalue weighted by Gasteiger charge is -2.27. The smallest absolute Gasteiger partial charge is 0.313 e. The van der Waals surface area contributed by atoms with Gasteiger partial charge in [-0.2, -0.15) is 5.10 Å². The molecule has 1 aromatic heterocycles. The zero-order valence-corrected chi connectivity index (χ0v) is 22.1. The van der Waals surface area contributed by atoms with Crippen molar-refractivity contribution in [1.29, 1.82) is 0 Å². The van der Waals surface area contributed by atoms with Crippen molar-refractivity contribution in [3.05, 3.63) is 70.9 Å². The van der Waals surface area contributed by atoms with Crippen molar-refractivity contribution in [2.45, 2.75) is 66.8 Å². The molecule has 0 radical (unpaired) electrons. The van der Waals surface area contributed by atoms with Gasteiger partial charge in [-0.3, -0.25) is 4.79 Å². The van der Waals surface area contributed by atoms with Gasteiger partial charge in [0.2, 0.25) is 5.91 Å². The summed E-state index contributed by atoms with van der Waals surface area (Å²) in [6.45, 7) is 15.9. The van der Waals surface area contributed by atoms with E-state index in [0.29, 0.717) is 5.82 Å². The molecule has 186 valence electrons. The Morgan fingerprint density at radius 2 is 1.63 bits per heavy atom. The molecule has 3 rings (SSSR count). The normalized spacial score (nSPS) is 11.5. The highest BCUT2D eigenvalue weighted by molar-refractivity contribution is 5.97. The molecule has 2 N–H and O–H groups in total. The minimum atomic E-state index is -0.313. The molecule has 0 bridgehead atoms. The van der Waals surface area contributed by atoms with Gasteiger partial charge < -0.3 is 15.5 Å². The second-order valence-electron chi connectivity index (χ2n) is 10.3. The number of carbonyl (C=O) groups is 2. The van der Waals surface area contributed by atoms with Gasteiger partial charge in [0.25, 0.3) is 0 Å². The molecule has 0 atom stereocenters. The fourth-order valence-electron chi connectivity index (χ4n) is 3.72. The molecule has 0 aliphatic heterocycles. The predicted molar refractivity (Wildman–Crippen MR) is 142 cm³/mol. The molecule has 0 unspecified atom stereocenters. The number of urea groups is 1. The number of hydrogen-bond acceptors (Lipinski definition) is 3. The summed E-state index contributed by atoms with van der Waals surface area (Å²) in [5.41, 5.74) is 5.46. The van der Waals surface area contributed by atoms with Gasteiger partial charge in [-0.15, -0.1) is 0 Å². The van der Waals surface area contributed by atoms with Crippen LogP contribution in [0.25, 0.3) is 5.69 Å². The third kappa shape index (κ3) is 6.10. The Hall–Kier alpha value is -3.61. The lowest BCUT2D eigenvalue weighted by molar-refractivity contribution is -0.117. The van der Waals surface area contributed by atoms with E-state index in [1.807, 2.05) is 83.1 Å². The van der Waals surface area contributed by atoms with Crippen molar-refractivity contribution in [1.82, 2.24) is 14.7 Å². The Morgan fingerprint density at radius 3 is 2.26 bits per heavy atom. The molecule has 7 nitrogen and oxygen atoms in total. The van der Waals surface area contributed by atoms with Gasteiger partial charge in [0, 0.05) is 23.2 Å². The number of aromatic nitrogens is 2. The van der Waals surface area contributed by atoms with Gasteiger partial charge in [0.1, 0.15) is 12.4 Å². The van der Waals surface area contributed by atoms with E-state index in [1.54, 1.807) is 4.68 Å². The molecule has 3 amide bonds. The number of anilines is 2. The summed E-state index contributed by atoms with van der Waals surface area (Å²) < 4.78 is 1.77. The van der Waals surface area contributed by atoms with E-state index in [-0.39, 0.29) is 29.9 Å². The van der Waals surface area contributed by atoms with Crippen LogP contribution >= 0.6 is 0 Å². The van der Waals surface area contributed by atoms with Crippen molar-refractivity contribution < 1.29 is 9.59 Å². The van der Waals surface area contributed by atoms with E-state index < -0.39 is 0 Å². The van der Waals surface area contributed by atoms with Gasteiger partial charge in [0.05, 0.1) is 11.4 Å². The number of rotatable bonds is 6. The number of carbonyl (C=O) groups excluding carboxylic acids is 2. The summed E-state index contributed by atoms with van der Waals surface area (Å²) in [5, 5.41) is 10.8. The molecule has 2 aromatic carbocycles. The molecule has 0 aliphatic carbocycles. The third-order valence-electron chi connectivity index (χ3n) is 6.13. The van der Waals surface area contributed by atoms with Crippen molar-refractivity contribution in [3.8, 4) is 5.69 Å². The number of nitrogens with one attached hydrogen (secondary N) is 2. The minimum absolute atomic E-state index is 0.0852. The molecule has 0 saturated carbocycles. The van der Waals surface area contributed by atoms with E-state index >= 15 is 0 Å². The number of amides is 3. The van der Waals surface area contributed by atoms with Crippen LogP contribution in [0.5, 0.6) is 0 Å². The summed E-state index contributed by atoms with van der Waals surface area (Å²) in [6, 6.07) is 15.1. The first-order chi connectivity index (χ1) is 16.4. The highest BCUT2D eigenvalue weighted by atomic mass is 16.2. The summed E-state index contributed by atoms with van der Waals surface area (Å²) in [7, 11) is 0. The maximum atomic E-state index is 13.2. The first-order valence-corrected chi connectivity index (χ1v) is 12.0. The number of para-hydroxylation sites is 1. The Morgan fingerprint density at radius 1 is 0.971 bits per heavy atom. The quantitative estimate of drug-likeness (QED) is 0.460. The lowest BCUT2D eigenvalue weighted by Crippen LogP contribution is -2.44. The predicted octanol–water partition coefficient (Wildman–Crippen LogP) is 5.98. The van der Waals surface area contributed by atoms with Crippen LogP contribution in [-0.4, -0.2) is 39.2 Å². The van der Waals surface area contributed by atoms with Gasteiger partial charge in [0.15, 0.2) is 0 Å². The summed E-state index contributed by atoms with van der Waals surface area (Å²) in [5.74, 6) is 0.290. The van der Waals surface area contributed by atoms with Gasteiger partial charge in [-0.25, -0.2) is 9.48 Å². The number of aryl methyl sites for hydroxylation is 2. The second-order valence-corrected chi connectivity index (χ2v) is 10.3. The Balaban J connectivity index is 1.84. The van der Waals surface area contributed by atoms with Crippen molar-refractivity contribution in [3.63, 3.8) is 0 Å². The second kappa shape index (κ2) is 10.3. The number of benzene rings is 2. The van der Waals surface area contributed by atoms with Crippen LogP contribution in [-0.2, 0) is 10.2 Å². The standard InChI is InChI=1S/C28H37N5O2/c1-18(2)32(27(35)29-22-14-11-13-19(3)21(22)5)17-26(34)30-25-16-24(28(6,7)8)31-33(25)23-15-10-9-12-20(23)4/h9-16,18H,17H2,1-8H3,(H,29,35)(H,30,34). The van der Waals surface area contributed by atoms with E-state index in [4.69, 9.17) is 5.10 Å². The highest BCUT2D eigenvalue weighted by Crippen LogP contribution is 2.27. The fraction of sp³-hybridized carbons (Fsp3) is 0.393. The van der Waals surface area contributed by atoms with Crippen LogP contribution in [0.3, 0.4) is 0 Å². The average molecular weight is 476 g/mol. The SMILES string of the molecule is Cc1ccccc1-n1nc(C(C)(C)C)cc1NC(=O)CN(C(=O)Nc1cccc(C)c1C)C(C)C. The summed E-state index contributed by atoms with van der Waals surface area (Å²) >= 11 is 0. The van der Waals surface area contributed by atoms with Crippen LogP contribution in [0.2, 0.25) is 0 Å². The Bertz CT molecular complexity index is 1220. The zero-order valence-electron chi connectivity index (χ0n) is 22.1. The molecule has 35 heavy (non-hydrogen) atoms. The fourth-order valence-corrected chi connectivity index (χ4v) is 3.72. The zero-order chi connectivity index (χ0) is 25.9. The first kappa shape index (κ1) is 26.0. The van der Waals surface area contributed by atoms with Crippen molar-refractivity contribution in [2.24, 2.45) is 0 Å². The maximum absolute atomic E-state index is 13.2. The topological polar surface area (TPSA) is 79.3 Å². The summed E-state index contributed by atoms with van der Waals surface area (Å²) in [4.78, 5) is 27.8. The van der Waals surface area contributed by atoms with Crippen LogP contribution in [0.1, 0.15) is 57.0 Å². The molecule has 7 heteroatoms. The molecule has 0 spiro atoms. The van der Waals surface area contributed by atoms with Crippen LogP contribution in [0.15, 0.2) is 48.5 Å². The van der Waals surface area contributed by atoms with Crippen LogP contribution in [0, 0.1) is 20.8 Å². The highest BCUT2D eigenvalue weighted by Gasteiger charge is 2.25. The van der Waals surface area contributed by atoms with Gasteiger partial charge >= 0.3 is 6.03 Å². The Labute approximate surface area is 208 Å². The maximum Gasteiger partial charge on any atom is 0.322 e. The van der Waals surface area contributed by atoms with Crippen molar-refractivity contribution >= 4 is 23.4 Å². The molecule has 0 saturated heterocycles. The van der Waals surface area contributed by atoms with E-state index in [1.165, 1.54) is 4.90 Å². The molecule has 3 aromatic rings. The largest absolute Gasteiger partial charge is 0.322 e. The molecule has 0 fully saturated rings. The lowest BCUT2D eigenvalue weighted by atomic mass is 9.92. The molecular weight excluding hydrogens is 438 g/mol. The first-order valence-electron chi connectivity index (χ1n) is 12.0. The van der Waals surface area contributed by atoms with Crippen molar-refractivity contribution in [2.75, 3.05) is 17.2 Å². The summed E-state index contributed by atoms with van der Waals surface area (Å²) in [6.07, 6.45) is 0. The molecular formula is C28H37N5O2. The van der Waals surface area contributed by atoms with Crippen LogP contribution in [0.4, 0.5) is 16.3 Å². The van der Waals surface area contributed by atoms with Gasteiger partial charge in [-0.05, 0) is 63.4 Å². The third-order valence-corrected chi connectivity index (χ3v) is 6.13. The number of hydrogen-bond donors (Lipinski definition) is 2. The van der Waals surface area contributed by atoms with E-state index in [0.717, 1.165) is 33.8 Å². The monoisotopic (exact) mass is 475 g/mol. The average Bonchev–Trinajstić information content (AvgIpc) is 3.19. The molecule has 1 heterocycles. The minimum Gasteiger partial charge on any atom is -0.313 e. The van der Waals surface area contributed by atoms with E-state index in [9.17, 15) is 9.59 Å².